The average molecular weight is 860 g/mol. The summed E-state index contributed by atoms with van der Waals surface area (Å²) in [7, 11) is 0. The molecule has 0 radical (unpaired) electrons. The van der Waals surface area contributed by atoms with E-state index in [9.17, 15) is 0 Å². The van der Waals surface area contributed by atoms with E-state index in [-0.39, 0.29) is 0 Å². The molecule has 0 N–H and O–H groups in total. The lowest BCUT2D eigenvalue weighted by Gasteiger charge is -2.19. The van der Waals surface area contributed by atoms with E-state index in [4.69, 9.17) is 29.9 Å². The Morgan fingerprint density at radius 1 is 0.254 bits per heavy atom. The molecule has 0 saturated carbocycles. The van der Waals surface area contributed by atoms with Crippen LogP contribution in [0.25, 0.3) is 118 Å². The summed E-state index contributed by atoms with van der Waals surface area (Å²) < 4.78 is 2.32. The zero-order valence-electron chi connectivity index (χ0n) is 35.9. The van der Waals surface area contributed by atoms with Crippen molar-refractivity contribution in [1.29, 1.82) is 0 Å². The lowest BCUT2D eigenvalue weighted by molar-refractivity contribution is 1.05. The molecule has 12 rings (SSSR count). The first-order valence-corrected chi connectivity index (χ1v) is 22.0. The molecule has 0 bridgehead atoms. The van der Waals surface area contributed by atoms with E-state index in [1.54, 1.807) is 0 Å². The van der Waals surface area contributed by atoms with Crippen LogP contribution in [0.5, 0.6) is 0 Å². The maximum Gasteiger partial charge on any atom is 0.166 e. The van der Waals surface area contributed by atoms with Crippen molar-refractivity contribution in [2.45, 2.75) is 0 Å². The Kier molecular flexibility index (Phi) is 9.95. The van der Waals surface area contributed by atoms with Crippen LogP contribution in [-0.4, -0.2) is 44.4 Å². The molecule has 0 atom stereocenters. The molecule has 0 spiro atoms. The van der Waals surface area contributed by atoms with Crippen molar-refractivity contribution < 1.29 is 0 Å². The first-order chi connectivity index (χ1) is 33.2. The van der Waals surface area contributed by atoms with Crippen LogP contribution in [0.2, 0.25) is 0 Å². The number of hydrogen-bond acceptors (Lipinski definition) is 8. The maximum absolute atomic E-state index is 5.30. The zero-order chi connectivity index (χ0) is 44.5. The number of nitrogens with zero attached hydrogens (tertiary/aromatic N) is 9. The quantitative estimate of drug-likeness (QED) is 0.141. The van der Waals surface area contributed by atoms with Gasteiger partial charge in [-0.25, -0.2) is 29.9 Å². The SMILES string of the molecule is c1ccc(-c2nc(-c3ccccc3)nc(-c3cccc(-c4nc(-c5ccccc5)nc(-c5ccccc5)n4)c3-n3c4ccc(-c5ccncc5)cc4c4cc(-c5ccncc5)ccc43)n2)cc1. The summed E-state index contributed by atoms with van der Waals surface area (Å²) in [5, 5.41) is 2.13. The second kappa shape index (κ2) is 17.0. The van der Waals surface area contributed by atoms with Crippen LogP contribution in [0, 0.1) is 0 Å². The van der Waals surface area contributed by atoms with Crippen molar-refractivity contribution in [2.24, 2.45) is 0 Å². The van der Waals surface area contributed by atoms with Gasteiger partial charge in [0, 0.05) is 68.9 Å². The first kappa shape index (κ1) is 39.3. The van der Waals surface area contributed by atoms with E-state index < -0.39 is 0 Å². The monoisotopic (exact) mass is 859 g/mol. The van der Waals surface area contributed by atoms with E-state index in [1.807, 2.05) is 176 Å². The Hall–Kier alpha value is -9.34. The predicted octanol–water partition coefficient (Wildman–Crippen LogP) is 13.3. The van der Waals surface area contributed by atoms with Crippen molar-refractivity contribution in [3.8, 4) is 96.3 Å². The molecule has 0 aliphatic carbocycles. The van der Waals surface area contributed by atoms with Gasteiger partial charge in [-0.1, -0.05) is 140 Å². The predicted molar refractivity (Wildman–Crippen MR) is 267 cm³/mol. The number of pyridine rings is 2. The van der Waals surface area contributed by atoms with Crippen LogP contribution in [0.1, 0.15) is 0 Å². The minimum absolute atomic E-state index is 0.502. The summed E-state index contributed by atoms with van der Waals surface area (Å²) in [6.07, 6.45) is 7.32. The third kappa shape index (κ3) is 7.46. The van der Waals surface area contributed by atoms with Gasteiger partial charge < -0.3 is 4.57 Å². The molecule has 9 heteroatoms. The highest BCUT2D eigenvalue weighted by Gasteiger charge is 2.25. The highest BCUT2D eigenvalue weighted by Crippen LogP contribution is 2.43. The van der Waals surface area contributed by atoms with Gasteiger partial charge >= 0.3 is 0 Å². The van der Waals surface area contributed by atoms with E-state index in [0.29, 0.717) is 34.9 Å². The van der Waals surface area contributed by atoms with Gasteiger partial charge in [0.2, 0.25) is 0 Å². The lowest BCUT2D eigenvalue weighted by Crippen LogP contribution is -2.07. The van der Waals surface area contributed by atoms with Crippen molar-refractivity contribution in [3.63, 3.8) is 0 Å². The van der Waals surface area contributed by atoms with Crippen molar-refractivity contribution in [1.82, 2.24) is 44.4 Å². The zero-order valence-corrected chi connectivity index (χ0v) is 35.9. The third-order valence-electron chi connectivity index (χ3n) is 11.9. The fourth-order valence-corrected chi connectivity index (χ4v) is 8.72. The van der Waals surface area contributed by atoms with Gasteiger partial charge in [-0.2, -0.15) is 0 Å². The summed E-state index contributed by atoms with van der Waals surface area (Å²) in [4.78, 5) is 40.0. The molecule has 0 aliphatic rings. The van der Waals surface area contributed by atoms with Gasteiger partial charge in [0.25, 0.3) is 0 Å². The summed E-state index contributed by atoms with van der Waals surface area (Å²) in [6.45, 7) is 0. The van der Waals surface area contributed by atoms with Crippen LogP contribution in [-0.2, 0) is 0 Å². The van der Waals surface area contributed by atoms with E-state index in [2.05, 4.69) is 63.1 Å². The Labute approximate surface area is 385 Å². The summed E-state index contributed by atoms with van der Waals surface area (Å²) in [5.41, 5.74) is 12.1. The molecule has 12 aromatic rings. The normalized spacial score (nSPS) is 11.3. The number of para-hydroxylation sites is 1. The van der Waals surface area contributed by atoms with E-state index in [0.717, 1.165) is 83.1 Å². The third-order valence-corrected chi connectivity index (χ3v) is 11.9. The standard InChI is InChI=1S/C58H37N9/c1-5-14-40(15-6-1)53-61-54(41-16-7-2-8-17-41)64-57(63-53)46-22-13-23-47(58-65-55(42-18-9-3-10-19-42)62-56(66-58)43-20-11-4-12-21-43)52(46)67-50-26-24-44(38-28-32-59-33-29-38)36-48(50)49-37-45(25-27-51(49)67)39-30-34-60-35-31-39/h1-37H. The Morgan fingerprint density at radius 2 is 0.582 bits per heavy atom. The number of rotatable bonds is 9. The Balaban J connectivity index is 1.20. The molecule has 9 nitrogen and oxygen atoms in total. The van der Waals surface area contributed by atoms with Gasteiger partial charge in [-0.15, -0.1) is 0 Å². The maximum atomic E-state index is 5.30. The molecule has 0 saturated heterocycles. The van der Waals surface area contributed by atoms with E-state index in [1.165, 1.54) is 0 Å². The summed E-state index contributed by atoms with van der Waals surface area (Å²) >= 11 is 0. The minimum atomic E-state index is 0.502. The molecular formula is C58H37N9. The molecule has 67 heavy (non-hydrogen) atoms. The molecule has 0 fully saturated rings. The van der Waals surface area contributed by atoms with Gasteiger partial charge in [0.1, 0.15) is 0 Å². The molecule has 0 aliphatic heterocycles. The summed E-state index contributed by atoms with van der Waals surface area (Å²) in [6, 6.07) is 67.9. The van der Waals surface area contributed by atoms with Crippen LogP contribution < -0.4 is 0 Å². The Bertz CT molecular complexity index is 3360. The smallest absolute Gasteiger partial charge is 0.166 e. The van der Waals surface area contributed by atoms with Crippen LogP contribution in [0.15, 0.2) is 225 Å². The molecule has 314 valence electrons. The van der Waals surface area contributed by atoms with Crippen LogP contribution >= 0.6 is 0 Å². The van der Waals surface area contributed by atoms with Gasteiger partial charge in [-0.3, -0.25) is 9.97 Å². The number of fused-ring (bicyclic) bond motifs is 3. The molecule has 5 aromatic heterocycles. The fraction of sp³-hybridized carbons (Fsp3) is 0. The largest absolute Gasteiger partial charge is 0.308 e. The Morgan fingerprint density at radius 3 is 0.925 bits per heavy atom. The molecule has 0 amide bonds. The summed E-state index contributed by atoms with van der Waals surface area (Å²) in [5.74, 6) is 3.24. The average Bonchev–Trinajstić information content (AvgIpc) is 3.74. The van der Waals surface area contributed by atoms with Crippen molar-refractivity contribution in [3.05, 3.63) is 225 Å². The highest BCUT2D eigenvalue weighted by atomic mass is 15.1. The van der Waals surface area contributed by atoms with Gasteiger partial charge in [0.05, 0.1) is 16.7 Å². The number of hydrogen-bond donors (Lipinski definition) is 0. The number of aromatic nitrogens is 9. The van der Waals surface area contributed by atoms with Crippen molar-refractivity contribution >= 4 is 21.8 Å². The number of benzene rings is 7. The minimum Gasteiger partial charge on any atom is -0.308 e. The van der Waals surface area contributed by atoms with E-state index >= 15 is 0 Å². The molecule has 5 heterocycles. The fourth-order valence-electron chi connectivity index (χ4n) is 8.72. The first-order valence-electron chi connectivity index (χ1n) is 22.0. The highest BCUT2D eigenvalue weighted by molar-refractivity contribution is 6.12. The second-order valence-electron chi connectivity index (χ2n) is 16.0. The van der Waals surface area contributed by atoms with Gasteiger partial charge in [0.15, 0.2) is 34.9 Å². The van der Waals surface area contributed by atoms with Gasteiger partial charge in [-0.05, 0) is 82.9 Å². The lowest BCUT2D eigenvalue weighted by atomic mass is 10.0. The molecule has 0 unspecified atom stereocenters. The van der Waals surface area contributed by atoms with Crippen LogP contribution in [0.3, 0.4) is 0 Å². The van der Waals surface area contributed by atoms with Crippen molar-refractivity contribution in [2.75, 3.05) is 0 Å². The molecule has 7 aromatic carbocycles. The topological polar surface area (TPSA) is 108 Å². The second-order valence-corrected chi connectivity index (χ2v) is 16.0. The molecular weight excluding hydrogens is 823 g/mol. The van der Waals surface area contributed by atoms with Crippen LogP contribution in [0.4, 0.5) is 0 Å².